The van der Waals surface area contributed by atoms with Crippen molar-refractivity contribution in [3.63, 3.8) is 0 Å². The molecule has 0 amide bonds. The van der Waals surface area contributed by atoms with Crippen LogP contribution in [-0.4, -0.2) is 47.2 Å². The normalized spacial score (nSPS) is 34.9. The molecule has 0 heterocycles. The van der Waals surface area contributed by atoms with E-state index in [1.54, 1.807) is 0 Å². The average molecular weight is 266 g/mol. The standard InChI is InChI=1S/C15H26N2O2/c1-17(13-6-7-13)10-8-11-3-2-9-15(11,14(18)19)16-12-4-5-12/h11-13,16H,2-10H2,1H3,(H,18,19). The molecule has 0 aromatic rings. The molecular formula is C15H26N2O2. The molecule has 3 aliphatic carbocycles. The van der Waals surface area contributed by atoms with Crippen LogP contribution in [0.4, 0.5) is 0 Å². The first kappa shape index (κ1) is 13.4. The number of carboxylic acids is 1. The third kappa shape index (κ3) is 2.79. The zero-order chi connectivity index (χ0) is 13.5. The summed E-state index contributed by atoms with van der Waals surface area (Å²) in [5, 5.41) is 13.2. The van der Waals surface area contributed by atoms with Gasteiger partial charge in [0.05, 0.1) is 0 Å². The van der Waals surface area contributed by atoms with Crippen LogP contribution in [0.15, 0.2) is 0 Å². The Hall–Kier alpha value is -0.610. The topological polar surface area (TPSA) is 52.6 Å². The lowest BCUT2D eigenvalue weighted by atomic mass is 9.84. The highest BCUT2D eigenvalue weighted by Gasteiger charge is 2.51. The first-order valence-electron chi connectivity index (χ1n) is 7.83. The number of aliphatic carboxylic acids is 1. The Balaban J connectivity index is 1.61. The van der Waals surface area contributed by atoms with Crippen molar-refractivity contribution in [1.29, 1.82) is 0 Å². The fraction of sp³-hybridized carbons (Fsp3) is 0.933. The minimum Gasteiger partial charge on any atom is -0.480 e. The number of hydrogen-bond acceptors (Lipinski definition) is 3. The molecule has 2 unspecified atom stereocenters. The predicted molar refractivity (Wildman–Crippen MR) is 74.1 cm³/mol. The van der Waals surface area contributed by atoms with Crippen LogP contribution >= 0.6 is 0 Å². The van der Waals surface area contributed by atoms with Gasteiger partial charge in [0.15, 0.2) is 0 Å². The lowest BCUT2D eigenvalue weighted by Crippen LogP contribution is -2.56. The molecule has 2 atom stereocenters. The second kappa shape index (κ2) is 5.06. The Kier molecular flexibility index (Phi) is 3.56. The van der Waals surface area contributed by atoms with Crippen LogP contribution in [-0.2, 0) is 4.79 Å². The molecule has 108 valence electrons. The number of nitrogens with zero attached hydrogens (tertiary/aromatic N) is 1. The van der Waals surface area contributed by atoms with Gasteiger partial charge in [0.1, 0.15) is 5.54 Å². The van der Waals surface area contributed by atoms with Crippen molar-refractivity contribution in [3.8, 4) is 0 Å². The van der Waals surface area contributed by atoms with E-state index in [4.69, 9.17) is 0 Å². The SMILES string of the molecule is CN(CCC1CCCC1(NC1CC1)C(=O)O)C1CC1. The highest BCUT2D eigenvalue weighted by Crippen LogP contribution is 2.41. The van der Waals surface area contributed by atoms with Gasteiger partial charge in [-0.05, 0) is 64.5 Å². The van der Waals surface area contributed by atoms with E-state index in [9.17, 15) is 9.90 Å². The molecule has 3 rings (SSSR count). The zero-order valence-electron chi connectivity index (χ0n) is 11.9. The molecule has 4 nitrogen and oxygen atoms in total. The Morgan fingerprint density at radius 2 is 2.05 bits per heavy atom. The van der Waals surface area contributed by atoms with Gasteiger partial charge in [0.2, 0.25) is 0 Å². The Bertz CT molecular complexity index is 352. The van der Waals surface area contributed by atoms with Crippen molar-refractivity contribution >= 4 is 5.97 Å². The van der Waals surface area contributed by atoms with Crippen LogP contribution in [0.1, 0.15) is 51.4 Å². The maximum absolute atomic E-state index is 11.8. The lowest BCUT2D eigenvalue weighted by Gasteiger charge is -2.33. The molecule has 4 heteroatoms. The van der Waals surface area contributed by atoms with E-state index in [2.05, 4.69) is 17.3 Å². The Labute approximate surface area is 115 Å². The van der Waals surface area contributed by atoms with Crippen molar-refractivity contribution < 1.29 is 9.90 Å². The second-order valence-electron chi connectivity index (χ2n) is 6.78. The summed E-state index contributed by atoms with van der Waals surface area (Å²) in [5.41, 5.74) is -0.619. The van der Waals surface area contributed by atoms with Gasteiger partial charge in [-0.3, -0.25) is 10.1 Å². The van der Waals surface area contributed by atoms with Crippen LogP contribution in [0.25, 0.3) is 0 Å². The van der Waals surface area contributed by atoms with Gasteiger partial charge in [0, 0.05) is 12.1 Å². The predicted octanol–water partition coefficient (Wildman–Crippen LogP) is 1.85. The molecule has 19 heavy (non-hydrogen) atoms. The number of hydrogen-bond donors (Lipinski definition) is 2. The first-order valence-corrected chi connectivity index (χ1v) is 7.83. The quantitative estimate of drug-likeness (QED) is 0.738. The van der Waals surface area contributed by atoms with Gasteiger partial charge in [-0.25, -0.2) is 0 Å². The number of carbonyl (C=O) groups is 1. The van der Waals surface area contributed by atoms with Gasteiger partial charge in [-0.15, -0.1) is 0 Å². The Morgan fingerprint density at radius 3 is 2.63 bits per heavy atom. The maximum Gasteiger partial charge on any atom is 0.324 e. The van der Waals surface area contributed by atoms with E-state index in [1.165, 1.54) is 12.8 Å². The van der Waals surface area contributed by atoms with Crippen molar-refractivity contribution in [3.05, 3.63) is 0 Å². The van der Waals surface area contributed by atoms with E-state index in [0.29, 0.717) is 12.0 Å². The summed E-state index contributed by atoms with van der Waals surface area (Å²) in [7, 11) is 2.18. The van der Waals surface area contributed by atoms with Gasteiger partial charge in [-0.1, -0.05) is 6.42 Å². The van der Waals surface area contributed by atoms with Crippen LogP contribution < -0.4 is 5.32 Å². The first-order chi connectivity index (χ1) is 9.12. The fourth-order valence-corrected chi connectivity index (χ4v) is 3.65. The third-order valence-corrected chi connectivity index (χ3v) is 5.24. The molecule has 0 aromatic heterocycles. The molecule has 0 aromatic carbocycles. The van der Waals surface area contributed by atoms with Crippen molar-refractivity contribution in [2.24, 2.45) is 5.92 Å². The molecule has 0 spiro atoms. The summed E-state index contributed by atoms with van der Waals surface area (Å²) < 4.78 is 0. The molecular weight excluding hydrogens is 240 g/mol. The monoisotopic (exact) mass is 266 g/mol. The maximum atomic E-state index is 11.8. The Morgan fingerprint density at radius 1 is 1.32 bits per heavy atom. The molecule has 0 radical (unpaired) electrons. The number of rotatable bonds is 7. The van der Waals surface area contributed by atoms with E-state index in [0.717, 1.165) is 51.1 Å². The molecule has 0 aliphatic heterocycles. The van der Waals surface area contributed by atoms with Gasteiger partial charge < -0.3 is 10.0 Å². The second-order valence-corrected chi connectivity index (χ2v) is 6.78. The largest absolute Gasteiger partial charge is 0.480 e. The zero-order valence-corrected chi connectivity index (χ0v) is 11.9. The molecule has 3 saturated carbocycles. The molecule has 0 bridgehead atoms. The fourth-order valence-electron chi connectivity index (χ4n) is 3.65. The van der Waals surface area contributed by atoms with E-state index in [-0.39, 0.29) is 0 Å². The highest BCUT2D eigenvalue weighted by atomic mass is 16.4. The summed E-state index contributed by atoms with van der Waals surface area (Å²) >= 11 is 0. The summed E-state index contributed by atoms with van der Waals surface area (Å²) in [6, 6.07) is 1.25. The van der Waals surface area contributed by atoms with Crippen LogP contribution in [0.2, 0.25) is 0 Å². The minimum absolute atomic E-state index is 0.312. The molecule has 3 aliphatic rings. The molecule has 3 fully saturated rings. The highest BCUT2D eigenvalue weighted by molar-refractivity contribution is 5.80. The van der Waals surface area contributed by atoms with Crippen LogP contribution in [0, 0.1) is 5.92 Å². The van der Waals surface area contributed by atoms with Crippen LogP contribution in [0.5, 0.6) is 0 Å². The minimum atomic E-state index is -0.619. The van der Waals surface area contributed by atoms with Crippen LogP contribution in [0.3, 0.4) is 0 Å². The van der Waals surface area contributed by atoms with Gasteiger partial charge >= 0.3 is 5.97 Å². The number of carboxylic acid groups (broad SMARTS) is 1. The van der Waals surface area contributed by atoms with E-state index < -0.39 is 11.5 Å². The van der Waals surface area contributed by atoms with E-state index >= 15 is 0 Å². The molecule has 2 N–H and O–H groups in total. The third-order valence-electron chi connectivity index (χ3n) is 5.24. The smallest absolute Gasteiger partial charge is 0.324 e. The van der Waals surface area contributed by atoms with Crippen molar-refractivity contribution in [2.45, 2.75) is 69.0 Å². The summed E-state index contributed by atoms with van der Waals surface area (Å²) in [6.07, 6.45) is 8.94. The van der Waals surface area contributed by atoms with Crippen molar-refractivity contribution in [1.82, 2.24) is 10.2 Å². The van der Waals surface area contributed by atoms with Crippen molar-refractivity contribution in [2.75, 3.05) is 13.6 Å². The molecule has 0 saturated heterocycles. The van der Waals surface area contributed by atoms with Gasteiger partial charge in [-0.2, -0.15) is 0 Å². The summed E-state index contributed by atoms with van der Waals surface area (Å²) in [6.45, 7) is 1.05. The lowest BCUT2D eigenvalue weighted by molar-refractivity contribution is -0.147. The number of nitrogens with one attached hydrogen (secondary N) is 1. The summed E-state index contributed by atoms with van der Waals surface area (Å²) in [4.78, 5) is 14.2. The van der Waals surface area contributed by atoms with Gasteiger partial charge in [0.25, 0.3) is 0 Å². The summed E-state index contributed by atoms with van der Waals surface area (Å²) in [5.74, 6) is -0.303. The average Bonchev–Trinajstić information content (AvgIpc) is 3.25. The van der Waals surface area contributed by atoms with E-state index in [1.807, 2.05) is 0 Å².